The molecule has 4 heterocycles. The lowest BCUT2D eigenvalue weighted by atomic mass is 9.77. The molecule has 3 amide bonds. The van der Waals surface area contributed by atoms with Gasteiger partial charge in [0, 0.05) is 43.5 Å². The number of aliphatic hydroxyl groups is 1. The summed E-state index contributed by atoms with van der Waals surface area (Å²) in [6, 6.07) is 10.3. The smallest absolute Gasteiger partial charge is 0.262 e. The maximum atomic E-state index is 13.0. The topological polar surface area (TPSA) is 164 Å². The summed E-state index contributed by atoms with van der Waals surface area (Å²) in [5.74, 6) is -0.390. The van der Waals surface area contributed by atoms with E-state index in [1.165, 1.54) is 0 Å². The van der Waals surface area contributed by atoms with E-state index in [1.54, 1.807) is 18.2 Å². The van der Waals surface area contributed by atoms with Crippen molar-refractivity contribution in [3.63, 3.8) is 0 Å². The van der Waals surface area contributed by atoms with Crippen LogP contribution in [0.15, 0.2) is 48.8 Å². The van der Waals surface area contributed by atoms with Crippen molar-refractivity contribution in [3.05, 3.63) is 59.9 Å². The van der Waals surface area contributed by atoms with E-state index in [4.69, 9.17) is 10.7 Å². The number of hydrogen-bond donors (Lipinski definition) is 3. The number of hydrogen-bond acceptors (Lipinski definition) is 9. The van der Waals surface area contributed by atoms with Gasteiger partial charge in [-0.05, 0) is 81.2 Å². The van der Waals surface area contributed by atoms with Crippen LogP contribution >= 0.6 is 0 Å². The number of pyridine rings is 1. The molecule has 2 aliphatic heterocycles. The van der Waals surface area contributed by atoms with E-state index in [9.17, 15) is 24.3 Å². The van der Waals surface area contributed by atoms with E-state index in [0.29, 0.717) is 18.2 Å². The fraction of sp³-hybridized carbons (Fsp3) is 0.455. The first-order valence-electron chi connectivity index (χ1n) is 15.8. The number of aliphatic hydroxyl groups excluding tert-OH is 1. The lowest BCUT2D eigenvalue weighted by Gasteiger charge is -2.35. The van der Waals surface area contributed by atoms with Crippen LogP contribution in [0.5, 0.6) is 0 Å². The molecular formula is C33H39N7O5. The van der Waals surface area contributed by atoms with Gasteiger partial charge in [-0.2, -0.15) is 5.10 Å². The average Bonchev–Trinajstić information content (AvgIpc) is 3.60. The number of nitrogens with zero attached hydrogens (tertiary/aromatic N) is 5. The minimum Gasteiger partial charge on any atom is -0.393 e. The van der Waals surface area contributed by atoms with E-state index in [1.807, 2.05) is 24.4 Å². The number of anilines is 2. The molecule has 2 fully saturated rings. The Kier molecular flexibility index (Phi) is 8.92. The first kappa shape index (κ1) is 30.4. The zero-order chi connectivity index (χ0) is 31.5. The Bertz CT molecular complexity index is 1570. The molecule has 1 unspecified atom stereocenters. The molecule has 236 valence electrons. The molecule has 0 radical (unpaired) electrons. The van der Waals surface area contributed by atoms with Crippen molar-refractivity contribution in [3.8, 4) is 11.3 Å². The summed E-state index contributed by atoms with van der Waals surface area (Å²) in [4.78, 5) is 56.6. The Morgan fingerprint density at radius 3 is 2.64 bits per heavy atom. The largest absolute Gasteiger partial charge is 0.393 e. The first-order chi connectivity index (χ1) is 21.8. The number of carbonyl (C=O) groups is 4. The molecule has 12 nitrogen and oxygen atoms in total. The molecule has 3 aliphatic rings. The van der Waals surface area contributed by atoms with Crippen LogP contribution in [0.3, 0.4) is 0 Å². The zero-order valence-corrected chi connectivity index (χ0v) is 25.2. The van der Waals surface area contributed by atoms with Gasteiger partial charge in [-0.3, -0.25) is 24.0 Å². The summed E-state index contributed by atoms with van der Waals surface area (Å²) >= 11 is 0. The van der Waals surface area contributed by atoms with E-state index in [-0.39, 0.29) is 30.1 Å². The number of imide groups is 1. The van der Waals surface area contributed by atoms with E-state index in [0.717, 1.165) is 85.8 Å². The number of piperidine rings is 1. The molecule has 12 heteroatoms. The van der Waals surface area contributed by atoms with Crippen LogP contribution in [-0.2, 0) is 9.59 Å². The third-order valence-corrected chi connectivity index (χ3v) is 9.24. The van der Waals surface area contributed by atoms with Crippen LogP contribution in [0.25, 0.3) is 11.3 Å². The first-order valence-corrected chi connectivity index (χ1v) is 15.8. The predicted octanol–water partition coefficient (Wildman–Crippen LogP) is 3.18. The van der Waals surface area contributed by atoms with Crippen LogP contribution < -0.4 is 16.0 Å². The Hall–Kier alpha value is -4.58. The van der Waals surface area contributed by atoms with Crippen LogP contribution in [-0.4, -0.2) is 80.6 Å². The van der Waals surface area contributed by atoms with Crippen molar-refractivity contribution in [1.29, 1.82) is 0 Å². The number of aromatic nitrogens is 3. The SMILES string of the molecule is NC(=O)C(CCC=O)N1C(=O)c2ccc(NCCC[C@H]3C[C@H](n4cc(-c5cccc(N6CCC(O)CC6)n5)cn4)C3)cc2C1=O. The van der Waals surface area contributed by atoms with Crippen molar-refractivity contribution in [2.75, 3.05) is 29.9 Å². The van der Waals surface area contributed by atoms with Crippen molar-refractivity contribution in [1.82, 2.24) is 19.7 Å². The molecule has 45 heavy (non-hydrogen) atoms. The Morgan fingerprint density at radius 1 is 1.11 bits per heavy atom. The average molecular weight is 614 g/mol. The predicted molar refractivity (Wildman–Crippen MR) is 168 cm³/mol. The molecule has 1 saturated carbocycles. The number of nitrogens with one attached hydrogen (secondary N) is 1. The maximum Gasteiger partial charge on any atom is 0.262 e. The standard InChI is InChI=1S/C33H39N7O5/c34-31(43)29(6-3-15-41)40-32(44)26-9-8-23(18-27(26)33(40)45)35-12-2-4-21-16-24(17-21)39-20-22(19-36-39)28-5-1-7-30(37-28)38-13-10-25(42)11-14-38/h1,5,7-9,15,18-21,24-25,29,35,42H,2-4,6,10-14,16-17H2,(H2,34,43)/t21-,24-,29?. The molecule has 1 atom stereocenters. The number of primary amides is 1. The number of carbonyl (C=O) groups excluding carboxylic acids is 4. The summed E-state index contributed by atoms with van der Waals surface area (Å²) < 4.78 is 2.06. The normalized spacial score (nSPS) is 20.6. The lowest BCUT2D eigenvalue weighted by Crippen LogP contribution is -2.47. The number of amides is 3. The Balaban J connectivity index is 0.961. The second-order valence-corrected chi connectivity index (χ2v) is 12.3. The second kappa shape index (κ2) is 13.2. The van der Waals surface area contributed by atoms with Gasteiger partial charge in [-0.25, -0.2) is 4.98 Å². The fourth-order valence-electron chi connectivity index (χ4n) is 6.58. The molecule has 6 rings (SSSR count). The van der Waals surface area contributed by atoms with Gasteiger partial charge in [0.05, 0.1) is 35.2 Å². The highest BCUT2D eigenvalue weighted by atomic mass is 16.3. The molecule has 1 aliphatic carbocycles. The summed E-state index contributed by atoms with van der Waals surface area (Å²) in [5, 5.41) is 17.8. The van der Waals surface area contributed by atoms with Crippen molar-refractivity contribution in [2.24, 2.45) is 11.7 Å². The number of fused-ring (bicyclic) bond motifs is 1. The highest BCUT2D eigenvalue weighted by Gasteiger charge is 2.42. The third kappa shape index (κ3) is 6.46. The van der Waals surface area contributed by atoms with Gasteiger partial charge in [0.1, 0.15) is 18.1 Å². The van der Waals surface area contributed by atoms with Crippen molar-refractivity contribution < 1.29 is 24.3 Å². The number of aldehydes is 1. The Morgan fingerprint density at radius 2 is 1.89 bits per heavy atom. The number of rotatable bonds is 13. The van der Waals surface area contributed by atoms with Gasteiger partial charge in [0.2, 0.25) is 5.91 Å². The molecule has 3 aromatic rings. The highest BCUT2D eigenvalue weighted by molar-refractivity contribution is 6.23. The van der Waals surface area contributed by atoms with Gasteiger partial charge < -0.3 is 25.9 Å². The van der Waals surface area contributed by atoms with Crippen LogP contribution in [0, 0.1) is 5.92 Å². The molecule has 4 N–H and O–H groups in total. The quantitative estimate of drug-likeness (QED) is 0.149. The van der Waals surface area contributed by atoms with E-state index >= 15 is 0 Å². The van der Waals surface area contributed by atoms with Crippen LogP contribution in [0.2, 0.25) is 0 Å². The van der Waals surface area contributed by atoms with Crippen molar-refractivity contribution >= 4 is 35.5 Å². The lowest BCUT2D eigenvalue weighted by molar-refractivity contribution is -0.122. The van der Waals surface area contributed by atoms with E-state index in [2.05, 4.69) is 26.2 Å². The number of benzene rings is 1. The second-order valence-electron chi connectivity index (χ2n) is 12.3. The summed E-state index contributed by atoms with van der Waals surface area (Å²) in [5.41, 5.74) is 8.54. The van der Waals surface area contributed by atoms with Gasteiger partial charge in [0.15, 0.2) is 0 Å². The van der Waals surface area contributed by atoms with Gasteiger partial charge in [-0.1, -0.05) is 6.07 Å². The minimum absolute atomic E-state index is 0.00988. The van der Waals surface area contributed by atoms with Gasteiger partial charge in [-0.15, -0.1) is 0 Å². The zero-order valence-electron chi connectivity index (χ0n) is 25.2. The molecule has 1 aromatic carbocycles. The molecule has 0 spiro atoms. The van der Waals surface area contributed by atoms with Crippen molar-refractivity contribution in [2.45, 2.75) is 69.6 Å². The Labute approximate surface area is 261 Å². The molecule has 2 aromatic heterocycles. The summed E-state index contributed by atoms with van der Waals surface area (Å²) in [6.07, 6.45) is 10.1. The molecule has 1 saturated heterocycles. The highest BCUT2D eigenvalue weighted by Crippen LogP contribution is 2.40. The van der Waals surface area contributed by atoms with Gasteiger partial charge >= 0.3 is 0 Å². The fourth-order valence-corrected chi connectivity index (χ4v) is 6.58. The van der Waals surface area contributed by atoms with E-state index < -0.39 is 23.8 Å². The maximum absolute atomic E-state index is 13.0. The monoisotopic (exact) mass is 613 g/mol. The molecular weight excluding hydrogens is 574 g/mol. The summed E-state index contributed by atoms with van der Waals surface area (Å²) in [6.45, 7) is 2.34. The van der Waals surface area contributed by atoms with Crippen LogP contribution in [0.1, 0.15) is 78.1 Å². The summed E-state index contributed by atoms with van der Waals surface area (Å²) in [7, 11) is 0. The third-order valence-electron chi connectivity index (χ3n) is 9.24. The number of nitrogens with two attached hydrogens (primary N) is 1. The minimum atomic E-state index is -1.15. The molecule has 0 bridgehead atoms. The van der Waals surface area contributed by atoms with Crippen LogP contribution in [0.4, 0.5) is 11.5 Å². The van der Waals surface area contributed by atoms with Gasteiger partial charge in [0.25, 0.3) is 11.8 Å².